The fourth-order valence-corrected chi connectivity index (χ4v) is 2.03. The van der Waals surface area contributed by atoms with E-state index in [2.05, 4.69) is 10.2 Å². The number of carboxylic acid groups (broad SMARTS) is 1. The SMILES string of the molecule is Nc1nnc(SCC(=O)O)n1-c1ccccc1F. The summed E-state index contributed by atoms with van der Waals surface area (Å²) in [4.78, 5) is 10.5. The van der Waals surface area contributed by atoms with E-state index in [1.54, 1.807) is 12.1 Å². The molecule has 0 fully saturated rings. The third-order valence-corrected chi connectivity index (χ3v) is 2.99. The van der Waals surface area contributed by atoms with Crippen molar-refractivity contribution in [2.24, 2.45) is 0 Å². The van der Waals surface area contributed by atoms with Crippen LogP contribution in [-0.2, 0) is 4.79 Å². The highest BCUT2D eigenvalue weighted by Crippen LogP contribution is 2.24. The first-order chi connectivity index (χ1) is 8.59. The van der Waals surface area contributed by atoms with Gasteiger partial charge in [0.25, 0.3) is 0 Å². The number of nitrogens with zero attached hydrogens (tertiary/aromatic N) is 3. The average Bonchev–Trinajstić information content (AvgIpc) is 2.69. The van der Waals surface area contributed by atoms with E-state index in [0.29, 0.717) is 0 Å². The summed E-state index contributed by atoms with van der Waals surface area (Å²) in [5.74, 6) is -1.68. The number of hydrogen-bond acceptors (Lipinski definition) is 5. The van der Waals surface area contributed by atoms with E-state index in [-0.39, 0.29) is 22.5 Å². The van der Waals surface area contributed by atoms with Gasteiger partial charge in [0.1, 0.15) is 5.82 Å². The maximum atomic E-state index is 13.7. The fraction of sp³-hybridized carbons (Fsp3) is 0.100. The van der Waals surface area contributed by atoms with Crippen molar-refractivity contribution in [3.63, 3.8) is 0 Å². The number of hydrogen-bond donors (Lipinski definition) is 2. The van der Waals surface area contributed by atoms with E-state index in [4.69, 9.17) is 10.8 Å². The number of nitrogen functional groups attached to an aromatic ring is 1. The first kappa shape index (κ1) is 12.4. The van der Waals surface area contributed by atoms with Crippen molar-refractivity contribution in [1.29, 1.82) is 0 Å². The number of anilines is 1. The number of carboxylic acids is 1. The lowest BCUT2D eigenvalue weighted by atomic mass is 10.3. The van der Waals surface area contributed by atoms with E-state index >= 15 is 0 Å². The molecule has 0 spiro atoms. The van der Waals surface area contributed by atoms with Crippen LogP contribution in [0.15, 0.2) is 29.4 Å². The van der Waals surface area contributed by atoms with Gasteiger partial charge in [-0.3, -0.25) is 9.36 Å². The molecular formula is C10H9FN4O2S. The number of rotatable bonds is 4. The Hall–Kier alpha value is -2.09. The van der Waals surface area contributed by atoms with Gasteiger partial charge in [-0.1, -0.05) is 23.9 Å². The molecule has 6 nitrogen and oxygen atoms in total. The van der Waals surface area contributed by atoms with Gasteiger partial charge in [0.2, 0.25) is 5.95 Å². The highest BCUT2D eigenvalue weighted by atomic mass is 32.2. The molecule has 0 unspecified atom stereocenters. The Kier molecular flexibility index (Phi) is 3.47. The molecule has 0 saturated heterocycles. The number of carbonyl (C=O) groups is 1. The zero-order valence-corrected chi connectivity index (χ0v) is 9.89. The molecule has 2 aromatic rings. The normalized spacial score (nSPS) is 10.5. The molecule has 94 valence electrons. The molecule has 0 radical (unpaired) electrons. The quantitative estimate of drug-likeness (QED) is 0.808. The fourth-order valence-electron chi connectivity index (χ4n) is 1.36. The van der Waals surface area contributed by atoms with Gasteiger partial charge >= 0.3 is 5.97 Å². The van der Waals surface area contributed by atoms with Crippen molar-refractivity contribution >= 4 is 23.7 Å². The molecule has 18 heavy (non-hydrogen) atoms. The van der Waals surface area contributed by atoms with Crippen LogP contribution >= 0.6 is 11.8 Å². The molecule has 0 atom stereocenters. The van der Waals surface area contributed by atoms with Crippen LogP contribution in [0.1, 0.15) is 0 Å². The number of thioether (sulfide) groups is 1. The van der Waals surface area contributed by atoms with E-state index in [9.17, 15) is 9.18 Å². The van der Waals surface area contributed by atoms with E-state index in [0.717, 1.165) is 11.8 Å². The second kappa shape index (κ2) is 5.05. The first-order valence-corrected chi connectivity index (χ1v) is 5.88. The summed E-state index contributed by atoms with van der Waals surface area (Å²) in [5, 5.41) is 16.2. The number of benzene rings is 1. The lowest BCUT2D eigenvalue weighted by molar-refractivity contribution is -0.133. The highest BCUT2D eigenvalue weighted by molar-refractivity contribution is 7.99. The Morgan fingerprint density at radius 2 is 2.17 bits per heavy atom. The van der Waals surface area contributed by atoms with Gasteiger partial charge < -0.3 is 10.8 Å². The molecule has 3 N–H and O–H groups in total. The minimum absolute atomic E-state index is 0.00740. The van der Waals surface area contributed by atoms with E-state index in [1.807, 2.05) is 0 Å². The molecule has 0 saturated carbocycles. The molecule has 0 aliphatic carbocycles. The number of nitrogens with two attached hydrogens (primary N) is 1. The van der Waals surface area contributed by atoms with Crippen LogP contribution in [0.25, 0.3) is 5.69 Å². The molecule has 0 aliphatic heterocycles. The van der Waals surface area contributed by atoms with Crippen molar-refractivity contribution in [1.82, 2.24) is 14.8 Å². The Labute approximate surface area is 106 Å². The Balaban J connectivity index is 2.41. The molecule has 1 aromatic carbocycles. The van der Waals surface area contributed by atoms with Crippen LogP contribution in [0, 0.1) is 5.82 Å². The minimum atomic E-state index is -0.998. The van der Waals surface area contributed by atoms with Gasteiger partial charge in [-0.15, -0.1) is 10.2 Å². The molecule has 0 amide bonds. The molecule has 0 aliphatic rings. The Bertz CT molecular complexity index is 587. The third kappa shape index (κ3) is 2.43. The predicted octanol–water partition coefficient (Wildman–Crippen LogP) is 1.17. The molecule has 1 heterocycles. The van der Waals surface area contributed by atoms with Gasteiger partial charge in [-0.25, -0.2) is 4.39 Å². The number of aliphatic carboxylic acids is 1. The van der Waals surface area contributed by atoms with E-state index < -0.39 is 11.8 Å². The lowest BCUT2D eigenvalue weighted by Crippen LogP contribution is -2.06. The summed E-state index contributed by atoms with van der Waals surface area (Å²) < 4.78 is 14.9. The highest BCUT2D eigenvalue weighted by Gasteiger charge is 2.15. The van der Waals surface area contributed by atoms with Gasteiger partial charge in [0.15, 0.2) is 5.16 Å². The summed E-state index contributed by atoms with van der Waals surface area (Å²) in [6.45, 7) is 0. The van der Waals surface area contributed by atoms with Crippen LogP contribution < -0.4 is 5.73 Å². The average molecular weight is 268 g/mol. The van der Waals surface area contributed by atoms with Crippen LogP contribution in [-0.4, -0.2) is 31.6 Å². The van der Waals surface area contributed by atoms with Crippen molar-refractivity contribution in [3.05, 3.63) is 30.1 Å². The van der Waals surface area contributed by atoms with E-state index in [1.165, 1.54) is 16.7 Å². The summed E-state index contributed by atoms with van der Waals surface area (Å²) in [7, 11) is 0. The number of halogens is 1. The van der Waals surface area contributed by atoms with Crippen molar-refractivity contribution in [2.75, 3.05) is 11.5 Å². The summed E-state index contributed by atoms with van der Waals surface area (Å²) in [6.07, 6.45) is 0. The second-order valence-corrected chi connectivity index (χ2v) is 4.25. The monoisotopic (exact) mass is 268 g/mol. The standard InChI is InChI=1S/C10H9FN4O2S/c11-6-3-1-2-4-7(6)15-9(12)13-14-10(15)18-5-8(16)17/h1-4H,5H2,(H2,12,13)(H,16,17). The zero-order valence-electron chi connectivity index (χ0n) is 9.08. The molecule has 2 rings (SSSR count). The predicted molar refractivity (Wildman–Crippen MR) is 64.1 cm³/mol. The van der Waals surface area contributed by atoms with Crippen molar-refractivity contribution < 1.29 is 14.3 Å². The maximum absolute atomic E-state index is 13.7. The van der Waals surface area contributed by atoms with Gasteiger partial charge in [0.05, 0.1) is 11.4 Å². The Morgan fingerprint density at radius 1 is 1.44 bits per heavy atom. The van der Waals surface area contributed by atoms with Gasteiger partial charge in [0, 0.05) is 0 Å². The minimum Gasteiger partial charge on any atom is -0.481 e. The Morgan fingerprint density at radius 3 is 2.83 bits per heavy atom. The topological polar surface area (TPSA) is 94.0 Å². The van der Waals surface area contributed by atoms with Crippen molar-refractivity contribution in [2.45, 2.75) is 5.16 Å². The molecule has 0 bridgehead atoms. The molecule has 1 aromatic heterocycles. The second-order valence-electron chi connectivity index (χ2n) is 3.31. The van der Waals surface area contributed by atoms with Crippen molar-refractivity contribution in [3.8, 4) is 5.69 Å². The van der Waals surface area contributed by atoms with Crippen LogP contribution in [0.3, 0.4) is 0 Å². The van der Waals surface area contributed by atoms with Crippen LogP contribution in [0.4, 0.5) is 10.3 Å². The smallest absolute Gasteiger partial charge is 0.313 e. The number of para-hydroxylation sites is 1. The summed E-state index contributed by atoms with van der Waals surface area (Å²) >= 11 is 0.923. The van der Waals surface area contributed by atoms with Crippen LogP contribution in [0.5, 0.6) is 0 Å². The maximum Gasteiger partial charge on any atom is 0.313 e. The zero-order chi connectivity index (χ0) is 13.1. The molecular weight excluding hydrogens is 259 g/mol. The first-order valence-electron chi connectivity index (χ1n) is 4.90. The third-order valence-electron chi connectivity index (χ3n) is 2.08. The van der Waals surface area contributed by atoms with Gasteiger partial charge in [-0.05, 0) is 12.1 Å². The molecule has 8 heteroatoms. The largest absolute Gasteiger partial charge is 0.481 e. The van der Waals surface area contributed by atoms with Gasteiger partial charge in [-0.2, -0.15) is 0 Å². The lowest BCUT2D eigenvalue weighted by Gasteiger charge is -2.07. The van der Waals surface area contributed by atoms with Crippen LogP contribution in [0.2, 0.25) is 0 Å². The summed E-state index contributed by atoms with van der Waals surface area (Å²) in [5.41, 5.74) is 5.80. The number of aromatic nitrogens is 3. The summed E-state index contributed by atoms with van der Waals surface area (Å²) in [6, 6.07) is 5.98.